The van der Waals surface area contributed by atoms with Crippen LogP contribution >= 0.6 is 39.1 Å². The molecule has 0 amide bonds. The van der Waals surface area contributed by atoms with Gasteiger partial charge >= 0.3 is 0 Å². The van der Waals surface area contributed by atoms with Crippen LogP contribution < -0.4 is 0 Å². The van der Waals surface area contributed by atoms with E-state index >= 15 is 0 Å². The molecule has 0 saturated carbocycles. The Morgan fingerprint density at radius 3 is 2.37 bits per heavy atom. The molecule has 1 aliphatic rings. The molecule has 0 heterocycles. The molecule has 1 aliphatic carbocycles. The Labute approximate surface area is 131 Å². The molecule has 0 aliphatic heterocycles. The van der Waals surface area contributed by atoms with Crippen LogP contribution in [0.5, 0.6) is 0 Å². The minimum absolute atomic E-state index is 0.385. The van der Waals surface area contributed by atoms with E-state index in [-0.39, 0.29) is 0 Å². The molecule has 0 N–H and O–H groups in total. The number of hydrogen-bond acceptors (Lipinski definition) is 0. The smallest absolute Gasteiger partial charge is 0.0452 e. The monoisotopic (exact) mass is 354 g/mol. The van der Waals surface area contributed by atoms with Crippen molar-refractivity contribution in [1.82, 2.24) is 0 Å². The summed E-state index contributed by atoms with van der Waals surface area (Å²) in [6.45, 7) is 0. The highest BCUT2D eigenvalue weighted by molar-refractivity contribution is 9.09. The lowest BCUT2D eigenvalue weighted by Gasteiger charge is -2.16. The zero-order valence-electron chi connectivity index (χ0n) is 10.2. The van der Waals surface area contributed by atoms with Crippen molar-refractivity contribution >= 4 is 39.1 Å². The van der Waals surface area contributed by atoms with Crippen LogP contribution in [0.15, 0.2) is 42.5 Å². The predicted octanol–water partition coefficient (Wildman–Crippen LogP) is 5.84. The maximum atomic E-state index is 6.27. The first-order valence-electron chi connectivity index (χ1n) is 6.31. The molecule has 3 heteroatoms. The van der Waals surface area contributed by atoms with E-state index in [0.717, 1.165) is 28.5 Å². The van der Waals surface area contributed by atoms with E-state index in [1.54, 1.807) is 0 Å². The van der Waals surface area contributed by atoms with Gasteiger partial charge < -0.3 is 0 Å². The number of alkyl halides is 1. The third-order valence-electron chi connectivity index (χ3n) is 3.78. The van der Waals surface area contributed by atoms with Gasteiger partial charge in [-0.15, -0.1) is 0 Å². The van der Waals surface area contributed by atoms with E-state index in [1.165, 1.54) is 11.1 Å². The second-order valence-electron chi connectivity index (χ2n) is 4.97. The number of hydrogen-bond donors (Lipinski definition) is 0. The molecular weight excluding hydrogens is 343 g/mol. The first-order valence-corrected chi connectivity index (χ1v) is 7.98. The number of rotatable bonds is 2. The molecule has 98 valence electrons. The van der Waals surface area contributed by atoms with Crippen molar-refractivity contribution in [2.45, 2.75) is 17.7 Å². The number of halogens is 3. The Kier molecular flexibility index (Phi) is 3.88. The van der Waals surface area contributed by atoms with Gasteiger partial charge in [-0.2, -0.15) is 0 Å². The normalized spacial score (nSPS) is 21.4. The molecule has 0 bridgehead atoms. The molecule has 2 atom stereocenters. The van der Waals surface area contributed by atoms with E-state index in [2.05, 4.69) is 40.2 Å². The lowest BCUT2D eigenvalue weighted by Crippen LogP contribution is -2.07. The summed E-state index contributed by atoms with van der Waals surface area (Å²) in [5.74, 6) is 0.509. The predicted molar refractivity (Wildman–Crippen MR) is 85.5 cm³/mol. The lowest BCUT2D eigenvalue weighted by molar-refractivity contribution is 0.555. The molecule has 0 nitrogen and oxygen atoms in total. The molecule has 0 saturated heterocycles. The van der Waals surface area contributed by atoms with Crippen LogP contribution in [0.1, 0.15) is 21.5 Å². The van der Waals surface area contributed by atoms with Crippen LogP contribution in [-0.2, 0) is 12.8 Å². The Bertz CT molecular complexity index is 589. The Morgan fingerprint density at radius 2 is 1.68 bits per heavy atom. The molecule has 0 fully saturated rings. The van der Waals surface area contributed by atoms with Crippen LogP contribution in [0, 0.1) is 5.92 Å². The molecule has 3 rings (SSSR count). The molecule has 2 aromatic rings. The van der Waals surface area contributed by atoms with Crippen molar-refractivity contribution < 1.29 is 0 Å². The first-order chi connectivity index (χ1) is 9.16. The highest BCUT2D eigenvalue weighted by Crippen LogP contribution is 2.44. The van der Waals surface area contributed by atoms with Crippen molar-refractivity contribution in [3.63, 3.8) is 0 Å². The minimum Gasteiger partial charge on any atom is -0.0840 e. The van der Waals surface area contributed by atoms with Gasteiger partial charge in [-0.3, -0.25) is 0 Å². The van der Waals surface area contributed by atoms with Crippen molar-refractivity contribution in [3.05, 3.63) is 69.2 Å². The maximum absolute atomic E-state index is 6.27. The van der Waals surface area contributed by atoms with E-state index in [0.29, 0.717) is 10.7 Å². The summed E-state index contributed by atoms with van der Waals surface area (Å²) in [6, 6.07) is 14.3. The summed E-state index contributed by atoms with van der Waals surface area (Å²) in [5.41, 5.74) is 3.89. The third-order valence-corrected chi connectivity index (χ3v) is 5.73. The zero-order valence-corrected chi connectivity index (χ0v) is 13.3. The Morgan fingerprint density at radius 1 is 1.00 bits per heavy atom. The summed E-state index contributed by atoms with van der Waals surface area (Å²) >= 11 is 16.4. The average Bonchev–Trinajstić information content (AvgIpc) is 2.72. The van der Waals surface area contributed by atoms with Gasteiger partial charge in [-0.25, -0.2) is 0 Å². The van der Waals surface area contributed by atoms with Crippen molar-refractivity contribution in [2.24, 2.45) is 5.92 Å². The fourth-order valence-electron chi connectivity index (χ4n) is 2.79. The minimum atomic E-state index is 0.385. The SMILES string of the molecule is Clc1cccc(Cl)c1CC1Cc2ccccc2C1Br. The maximum Gasteiger partial charge on any atom is 0.0452 e. The second-order valence-corrected chi connectivity index (χ2v) is 6.77. The van der Waals surface area contributed by atoms with Crippen LogP contribution in [-0.4, -0.2) is 0 Å². The Balaban J connectivity index is 1.87. The summed E-state index contributed by atoms with van der Waals surface area (Å²) < 4.78 is 0. The molecule has 2 aromatic carbocycles. The fourth-order valence-corrected chi connectivity index (χ4v) is 4.17. The molecule has 0 radical (unpaired) electrons. The van der Waals surface area contributed by atoms with E-state index in [4.69, 9.17) is 23.2 Å². The zero-order chi connectivity index (χ0) is 13.4. The lowest BCUT2D eigenvalue weighted by atomic mass is 9.96. The highest BCUT2D eigenvalue weighted by Gasteiger charge is 2.31. The number of benzene rings is 2. The summed E-state index contributed by atoms with van der Waals surface area (Å²) in [7, 11) is 0. The van der Waals surface area contributed by atoms with E-state index in [1.807, 2.05) is 18.2 Å². The second kappa shape index (κ2) is 5.47. The van der Waals surface area contributed by atoms with Gasteiger partial charge in [-0.1, -0.05) is 69.5 Å². The van der Waals surface area contributed by atoms with Crippen molar-refractivity contribution in [2.75, 3.05) is 0 Å². The highest BCUT2D eigenvalue weighted by atomic mass is 79.9. The van der Waals surface area contributed by atoms with Gasteiger partial charge in [0, 0.05) is 14.9 Å². The summed E-state index contributed by atoms with van der Waals surface area (Å²) in [6.07, 6.45) is 1.98. The molecule has 2 unspecified atom stereocenters. The van der Waals surface area contributed by atoms with Gasteiger partial charge in [0.25, 0.3) is 0 Å². The largest absolute Gasteiger partial charge is 0.0840 e. The van der Waals surface area contributed by atoms with Crippen LogP contribution in [0.25, 0.3) is 0 Å². The summed E-state index contributed by atoms with van der Waals surface area (Å²) in [5, 5.41) is 1.53. The average molecular weight is 356 g/mol. The van der Waals surface area contributed by atoms with Crippen LogP contribution in [0.4, 0.5) is 0 Å². The first kappa shape index (κ1) is 13.5. The molecule has 0 spiro atoms. The van der Waals surface area contributed by atoms with Crippen LogP contribution in [0.2, 0.25) is 10.0 Å². The van der Waals surface area contributed by atoms with E-state index in [9.17, 15) is 0 Å². The van der Waals surface area contributed by atoms with Gasteiger partial charge in [0.15, 0.2) is 0 Å². The fraction of sp³-hybridized carbons (Fsp3) is 0.250. The Hall–Kier alpha value is -0.500. The number of fused-ring (bicyclic) bond motifs is 1. The van der Waals surface area contributed by atoms with Gasteiger partial charge in [0.05, 0.1) is 0 Å². The van der Waals surface area contributed by atoms with Gasteiger partial charge in [-0.05, 0) is 47.6 Å². The molecule has 0 aromatic heterocycles. The molecule has 19 heavy (non-hydrogen) atoms. The van der Waals surface area contributed by atoms with Crippen LogP contribution in [0.3, 0.4) is 0 Å². The van der Waals surface area contributed by atoms with Gasteiger partial charge in [0.2, 0.25) is 0 Å². The molecular formula is C16H13BrCl2. The summed E-state index contributed by atoms with van der Waals surface area (Å²) in [4.78, 5) is 0.385. The third kappa shape index (κ3) is 2.56. The topological polar surface area (TPSA) is 0 Å². The van der Waals surface area contributed by atoms with Crippen molar-refractivity contribution in [3.8, 4) is 0 Å². The quantitative estimate of drug-likeness (QED) is 0.593. The van der Waals surface area contributed by atoms with E-state index < -0.39 is 0 Å². The van der Waals surface area contributed by atoms with Gasteiger partial charge in [0.1, 0.15) is 0 Å². The van der Waals surface area contributed by atoms with Crippen molar-refractivity contribution in [1.29, 1.82) is 0 Å². The standard InChI is InChI=1S/C16H13BrCl2/c17-16-11(8-10-4-1-2-5-12(10)16)9-13-14(18)6-3-7-15(13)19/h1-7,11,16H,8-9H2.